The Morgan fingerprint density at radius 3 is 1.96 bits per heavy atom. The van der Waals surface area contributed by atoms with Crippen molar-refractivity contribution in [3.05, 3.63) is 95.6 Å². The van der Waals surface area contributed by atoms with Gasteiger partial charge in [0.1, 0.15) is 0 Å². The number of hydrogen-bond acceptors (Lipinski definition) is 3. The van der Waals surface area contributed by atoms with Crippen molar-refractivity contribution < 1.29 is 8.42 Å². The minimum absolute atomic E-state index is 0.0248. The summed E-state index contributed by atoms with van der Waals surface area (Å²) < 4.78 is 28.1. The van der Waals surface area contributed by atoms with Crippen molar-refractivity contribution in [1.29, 1.82) is 0 Å². The van der Waals surface area contributed by atoms with Gasteiger partial charge in [0, 0.05) is 12.2 Å². The highest BCUT2D eigenvalue weighted by molar-refractivity contribution is 7.89. The van der Waals surface area contributed by atoms with Crippen molar-refractivity contribution in [3.63, 3.8) is 0 Å². The van der Waals surface area contributed by atoms with E-state index in [1.807, 2.05) is 49.4 Å². The molecule has 1 unspecified atom stereocenters. The molecule has 144 valence electrons. The molecule has 3 aromatic carbocycles. The van der Waals surface area contributed by atoms with E-state index in [9.17, 15) is 8.42 Å². The SMILES string of the molecule is Cc1ccc(C2CN(S(=O)(=O)c3ccc(C)cc3)CN2c2ccccc2)cc1. The van der Waals surface area contributed by atoms with Gasteiger partial charge in [-0.1, -0.05) is 65.7 Å². The summed E-state index contributed by atoms with van der Waals surface area (Å²) in [5, 5.41) is 0. The molecule has 0 aromatic heterocycles. The first-order valence-electron chi connectivity index (χ1n) is 9.40. The Morgan fingerprint density at radius 2 is 1.36 bits per heavy atom. The van der Waals surface area contributed by atoms with Crippen LogP contribution in [0.4, 0.5) is 5.69 Å². The predicted octanol–water partition coefficient (Wildman–Crippen LogP) is 4.51. The van der Waals surface area contributed by atoms with Gasteiger partial charge < -0.3 is 4.90 Å². The molecule has 3 aromatic rings. The highest BCUT2D eigenvalue weighted by atomic mass is 32.2. The number of rotatable bonds is 4. The molecule has 1 heterocycles. The Morgan fingerprint density at radius 1 is 0.786 bits per heavy atom. The molecule has 28 heavy (non-hydrogen) atoms. The van der Waals surface area contributed by atoms with Crippen molar-refractivity contribution in [2.75, 3.05) is 18.1 Å². The van der Waals surface area contributed by atoms with Crippen LogP contribution in [0.15, 0.2) is 83.8 Å². The smallest absolute Gasteiger partial charge is 0.244 e. The molecular formula is C23H24N2O2S. The Balaban J connectivity index is 1.71. The third-order valence-corrected chi connectivity index (χ3v) is 7.08. The molecule has 1 fully saturated rings. The number of sulfonamides is 1. The summed E-state index contributed by atoms with van der Waals surface area (Å²) in [6, 6.07) is 25.4. The lowest BCUT2D eigenvalue weighted by atomic mass is 10.0. The number of anilines is 1. The second-order valence-electron chi connectivity index (χ2n) is 7.33. The first kappa shape index (κ1) is 18.7. The van der Waals surface area contributed by atoms with Gasteiger partial charge in [-0.2, -0.15) is 4.31 Å². The summed E-state index contributed by atoms with van der Waals surface area (Å²) >= 11 is 0. The number of hydrogen-bond donors (Lipinski definition) is 0. The van der Waals surface area contributed by atoms with Crippen LogP contribution in [0, 0.1) is 13.8 Å². The molecule has 1 saturated heterocycles. The monoisotopic (exact) mass is 392 g/mol. The van der Waals surface area contributed by atoms with E-state index < -0.39 is 10.0 Å². The second kappa shape index (κ2) is 7.41. The number of aryl methyl sites for hydroxylation is 2. The Labute approximate surface area is 167 Å². The number of nitrogens with zero attached hydrogens (tertiary/aromatic N) is 2. The topological polar surface area (TPSA) is 40.6 Å². The molecule has 1 aliphatic heterocycles. The number of benzene rings is 3. The molecule has 1 atom stereocenters. The van der Waals surface area contributed by atoms with E-state index in [1.54, 1.807) is 16.4 Å². The lowest BCUT2D eigenvalue weighted by Crippen LogP contribution is -2.31. The Hall–Kier alpha value is -2.63. The minimum atomic E-state index is -3.55. The fraction of sp³-hybridized carbons (Fsp3) is 0.217. The quantitative estimate of drug-likeness (QED) is 0.656. The lowest BCUT2D eigenvalue weighted by molar-refractivity contribution is 0.473. The van der Waals surface area contributed by atoms with Gasteiger partial charge in [-0.3, -0.25) is 0 Å². The second-order valence-corrected chi connectivity index (χ2v) is 9.26. The van der Waals surface area contributed by atoms with Gasteiger partial charge in [0.25, 0.3) is 0 Å². The highest BCUT2D eigenvalue weighted by Crippen LogP contribution is 2.35. The highest BCUT2D eigenvalue weighted by Gasteiger charge is 2.38. The molecule has 0 bridgehead atoms. The molecule has 4 rings (SSSR count). The first-order chi connectivity index (χ1) is 13.4. The summed E-state index contributed by atoms with van der Waals surface area (Å²) in [4.78, 5) is 2.51. The molecule has 0 spiro atoms. The van der Waals surface area contributed by atoms with E-state index in [0.29, 0.717) is 18.1 Å². The lowest BCUT2D eigenvalue weighted by Gasteiger charge is -2.26. The molecule has 0 radical (unpaired) electrons. The third-order valence-electron chi connectivity index (χ3n) is 5.27. The maximum Gasteiger partial charge on any atom is 0.244 e. The van der Waals surface area contributed by atoms with Crippen LogP contribution in [0.3, 0.4) is 0 Å². The van der Waals surface area contributed by atoms with Crippen LogP contribution >= 0.6 is 0 Å². The molecule has 0 N–H and O–H groups in total. The van der Waals surface area contributed by atoms with Gasteiger partial charge in [-0.15, -0.1) is 0 Å². The largest absolute Gasteiger partial charge is 0.349 e. The standard InChI is InChI=1S/C23H24N2O2S/c1-18-8-12-20(13-9-18)23-16-24(17-25(23)21-6-4-3-5-7-21)28(26,27)22-14-10-19(2)11-15-22/h3-15,23H,16-17H2,1-2H3. The van der Waals surface area contributed by atoms with Crippen molar-refractivity contribution in [2.24, 2.45) is 0 Å². The van der Waals surface area contributed by atoms with Crippen LogP contribution in [0.1, 0.15) is 22.7 Å². The van der Waals surface area contributed by atoms with Gasteiger partial charge in [0.2, 0.25) is 10.0 Å². The van der Waals surface area contributed by atoms with Crippen molar-refractivity contribution in [2.45, 2.75) is 24.8 Å². The van der Waals surface area contributed by atoms with Crippen LogP contribution in [0.25, 0.3) is 0 Å². The van der Waals surface area contributed by atoms with Crippen LogP contribution in [-0.2, 0) is 10.0 Å². The van der Waals surface area contributed by atoms with Gasteiger partial charge in [-0.25, -0.2) is 8.42 Å². The van der Waals surface area contributed by atoms with E-state index in [0.717, 1.165) is 16.8 Å². The van der Waals surface area contributed by atoms with Gasteiger partial charge in [0.15, 0.2) is 0 Å². The summed E-state index contributed by atoms with van der Waals surface area (Å²) in [7, 11) is -3.55. The summed E-state index contributed by atoms with van der Waals surface area (Å²) in [5.74, 6) is 0. The number of para-hydroxylation sites is 1. The van der Waals surface area contributed by atoms with Crippen molar-refractivity contribution in [3.8, 4) is 0 Å². The normalized spacial score (nSPS) is 17.8. The van der Waals surface area contributed by atoms with E-state index in [1.165, 1.54) is 5.56 Å². The van der Waals surface area contributed by atoms with Crippen LogP contribution in [0.2, 0.25) is 0 Å². The molecule has 0 aliphatic carbocycles. The average molecular weight is 393 g/mol. The Kier molecular flexibility index (Phi) is 4.96. The zero-order valence-electron chi connectivity index (χ0n) is 16.1. The molecular weight excluding hydrogens is 368 g/mol. The van der Waals surface area contributed by atoms with Gasteiger partial charge in [-0.05, 0) is 43.7 Å². The first-order valence-corrected chi connectivity index (χ1v) is 10.8. The predicted molar refractivity (Wildman–Crippen MR) is 113 cm³/mol. The third kappa shape index (κ3) is 3.55. The fourth-order valence-corrected chi connectivity index (χ4v) is 5.00. The van der Waals surface area contributed by atoms with Crippen molar-refractivity contribution >= 4 is 15.7 Å². The Bertz CT molecular complexity index is 1050. The molecule has 0 amide bonds. The molecule has 1 aliphatic rings. The summed E-state index contributed by atoms with van der Waals surface area (Å²) in [6.07, 6.45) is 0. The van der Waals surface area contributed by atoms with E-state index in [2.05, 4.69) is 36.1 Å². The minimum Gasteiger partial charge on any atom is -0.349 e. The van der Waals surface area contributed by atoms with Crippen LogP contribution in [0.5, 0.6) is 0 Å². The summed E-state index contributed by atoms with van der Waals surface area (Å²) in [6.45, 7) is 4.77. The molecule has 0 saturated carbocycles. The van der Waals surface area contributed by atoms with Gasteiger partial charge in [0.05, 0.1) is 17.6 Å². The fourth-order valence-electron chi connectivity index (χ4n) is 3.61. The van der Waals surface area contributed by atoms with Crippen LogP contribution in [-0.4, -0.2) is 25.9 Å². The maximum atomic E-state index is 13.3. The van der Waals surface area contributed by atoms with Crippen molar-refractivity contribution in [1.82, 2.24) is 4.31 Å². The zero-order chi connectivity index (χ0) is 19.7. The average Bonchev–Trinajstić information content (AvgIpc) is 3.16. The van der Waals surface area contributed by atoms with E-state index in [-0.39, 0.29) is 6.04 Å². The summed E-state index contributed by atoms with van der Waals surface area (Å²) in [5.41, 5.74) is 4.38. The van der Waals surface area contributed by atoms with E-state index >= 15 is 0 Å². The maximum absolute atomic E-state index is 13.3. The molecule has 4 nitrogen and oxygen atoms in total. The van der Waals surface area contributed by atoms with Gasteiger partial charge >= 0.3 is 0 Å². The zero-order valence-corrected chi connectivity index (χ0v) is 16.9. The van der Waals surface area contributed by atoms with E-state index in [4.69, 9.17) is 0 Å². The molecule has 5 heteroatoms. The van der Waals surface area contributed by atoms with Crippen LogP contribution < -0.4 is 4.90 Å².